The molecular weight excluding hydrogens is 273 g/mol. The number of halogens is 1. The number of hydrogen-bond donors (Lipinski definition) is 1. The van der Waals surface area contributed by atoms with E-state index < -0.39 is 11.8 Å². The normalized spacial score (nSPS) is 16.4. The lowest BCUT2D eigenvalue weighted by molar-refractivity contribution is 0.0699. The monoisotopic (exact) mass is 289 g/mol. The number of aromatic nitrogens is 1. The zero-order valence-electron chi connectivity index (χ0n) is 11.7. The van der Waals surface area contributed by atoms with Crippen molar-refractivity contribution in [2.45, 2.75) is 0 Å². The molecular formula is C15H16FN3O2. The van der Waals surface area contributed by atoms with E-state index in [9.17, 15) is 14.3 Å². The number of carboxylic acids is 1. The quantitative estimate of drug-likeness (QED) is 0.914. The highest BCUT2D eigenvalue weighted by Crippen LogP contribution is 2.24. The van der Waals surface area contributed by atoms with Gasteiger partial charge in [-0.3, -0.25) is 0 Å². The molecule has 110 valence electrons. The number of rotatable bonds is 2. The summed E-state index contributed by atoms with van der Waals surface area (Å²) in [6.07, 6.45) is 0. The van der Waals surface area contributed by atoms with Crippen LogP contribution in [0.15, 0.2) is 24.3 Å². The minimum atomic E-state index is -1.07. The molecule has 0 atom stereocenters. The van der Waals surface area contributed by atoms with Gasteiger partial charge in [0.05, 0.1) is 11.1 Å². The number of nitrogens with zero attached hydrogens (tertiary/aromatic N) is 3. The van der Waals surface area contributed by atoms with Gasteiger partial charge < -0.3 is 14.9 Å². The Morgan fingerprint density at radius 3 is 2.62 bits per heavy atom. The molecule has 0 saturated carbocycles. The van der Waals surface area contributed by atoms with Gasteiger partial charge in [0, 0.05) is 31.6 Å². The Labute approximate surface area is 121 Å². The molecule has 1 fully saturated rings. The highest BCUT2D eigenvalue weighted by atomic mass is 19.1. The predicted octanol–water partition coefficient (Wildman–Crippen LogP) is 1.82. The van der Waals surface area contributed by atoms with Crippen LogP contribution in [0.5, 0.6) is 0 Å². The average Bonchev–Trinajstić information content (AvgIpc) is 2.46. The van der Waals surface area contributed by atoms with Crippen LogP contribution in [0.2, 0.25) is 0 Å². The first kappa shape index (κ1) is 13.8. The first-order valence-corrected chi connectivity index (χ1v) is 6.82. The van der Waals surface area contributed by atoms with Crippen molar-refractivity contribution in [3.8, 4) is 0 Å². The van der Waals surface area contributed by atoms with Crippen LogP contribution in [-0.2, 0) is 0 Å². The molecule has 6 heteroatoms. The van der Waals surface area contributed by atoms with Gasteiger partial charge in [0.15, 0.2) is 0 Å². The van der Waals surface area contributed by atoms with Gasteiger partial charge in [0.2, 0.25) is 0 Å². The summed E-state index contributed by atoms with van der Waals surface area (Å²) < 4.78 is 13.3. The number of anilines is 1. The maximum atomic E-state index is 13.3. The first-order valence-electron chi connectivity index (χ1n) is 6.82. The van der Waals surface area contributed by atoms with Crippen molar-refractivity contribution in [1.29, 1.82) is 0 Å². The molecule has 0 bridgehead atoms. The highest BCUT2D eigenvalue weighted by molar-refractivity contribution is 6.03. The van der Waals surface area contributed by atoms with Gasteiger partial charge in [0.25, 0.3) is 0 Å². The van der Waals surface area contributed by atoms with Crippen molar-refractivity contribution in [2.75, 3.05) is 38.1 Å². The average molecular weight is 289 g/mol. The number of pyridine rings is 1. The van der Waals surface area contributed by atoms with Gasteiger partial charge in [0.1, 0.15) is 11.6 Å². The second-order valence-electron chi connectivity index (χ2n) is 5.28. The Bertz CT molecular complexity index is 697. The Morgan fingerprint density at radius 1 is 1.24 bits per heavy atom. The number of benzene rings is 1. The van der Waals surface area contributed by atoms with Crippen LogP contribution >= 0.6 is 0 Å². The van der Waals surface area contributed by atoms with E-state index in [1.54, 1.807) is 0 Å². The number of aromatic carboxylic acids is 1. The molecule has 1 aliphatic heterocycles. The van der Waals surface area contributed by atoms with Crippen molar-refractivity contribution in [3.63, 3.8) is 0 Å². The molecule has 5 nitrogen and oxygen atoms in total. The number of hydrogen-bond acceptors (Lipinski definition) is 4. The van der Waals surface area contributed by atoms with Gasteiger partial charge in [-0.2, -0.15) is 0 Å². The number of carboxylic acid groups (broad SMARTS) is 1. The molecule has 0 radical (unpaired) electrons. The molecule has 2 aromatic rings. The third kappa shape index (κ3) is 2.67. The molecule has 21 heavy (non-hydrogen) atoms. The number of likely N-dealkylation sites (N-methyl/N-ethyl adjacent to an activating group) is 1. The smallest absolute Gasteiger partial charge is 0.336 e. The third-order valence-corrected chi connectivity index (χ3v) is 3.81. The third-order valence-electron chi connectivity index (χ3n) is 3.81. The van der Waals surface area contributed by atoms with Crippen LogP contribution in [0, 0.1) is 5.82 Å². The van der Waals surface area contributed by atoms with E-state index in [1.807, 2.05) is 0 Å². The van der Waals surface area contributed by atoms with Gasteiger partial charge in [-0.25, -0.2) is 14.2 Å². The van der Waals surface area contributed by atoms with Crippen LogP contribution in [0.4, 0.5) is 10.2 Å². The lowest BCUT2D eigenvalue weighted by Gasteiger charge is -2.33. The second kappa shape index (κ2) is 5.29. The topological polar surface area (TPSA) is 56.7 Å². The Morgan fingerprint density at radius 2 is 1.95 bits per heavy atom. The van der Waals surface area contributed by atoms with Gasteiger partial charge in [-0.05, 0) is 31.3 Å². The fourth-order valence-corrected chi connectivity index (χ4v) is 2.56. The summed E-state index contributed by atoms with van der Waals surface area (Å²) in [4.78, 5) is 20.2. The minimum Gasteiger partial charge on any atom is -0.478 e. The number of carbonyl (C=O) groups is 1. The molecule has 0 aliphatic carbocycles. The van der Waals surface area contributed by atoms with Crippen molar-refractivity contribution in [3.05, 3.63) is 35.6 Å². The molecule has 0 spiro atoms. The summed E-state index contributed by atoms with van der Waals surface area (Å²) >= 11 is 0. The maximum absolute atomic E-state index is 13.3. The molecule has 1 saturated heterocycles. The largest absolute Gasteiger partial charge is 0.478 e. The molecule has 1 aliphatic rings. The lowest BCUT2D eigenvalue weighted by Crippen LogP contribution is -2.44. The van der Waals surface area contributed by atoms with E-state index in [2.05, 4.69) is 21.8 Å². The maximum Gasteiger partial charge on any atom is 0.336 e. The highest BCUT2D eigenvalue weighted by Gasteiger charge is 2.19. The van der Waals surface area contributed by atoms with E-state index in [1.165, 1.54) is 24.3 Å². The SMILES string of the molecule is CN1CCN(c2cc(C(=O)O)c3cc(F)ccc3n2)CC1. The molecule has 1 aromatic heterocycles. The minimum absolute atomic E-state index is 0.0911. The summed E-state index contributed by atoms with van der Waals surface area (Å²) in [6, 6.07) is 5.58. The Hall–Kier alpha value is -2.21. The van der Waals surface area contributed by atoms with E-state index in [4.69, 9.17) is 0 Å². The summed E-state index contributed by atoms with van der Waals surface area (Å²) in [5.41, 5.74) is 0.596. The van der Waals surface area contributed by atoms with Crippen LogP contribution in [0.1, 0.15) is 10.4 Å². The summed E-state index contributed by atoms with van der Waals surface area (Å²) in [7, 11) is 2.05. The summed E-state index contributed by atoms with van der Waals surface area (Å²) in [5, 5.41) is 9.70. The van der Waals surface area contributed by atoms with Crippen molar-refractivity contribution in [2.24, 2.45) is 0 Å². The van der Waals surface area contributed by atoms with Crippen molar-refractivity contribution < 1.29 is 14.3 Å². The zero-order valence-corrected chi connectivity index (χ0v) is 11.7. The fourth-order valence-electron chi connectivity index (χ4n) is 2.56. The van der Waals surface area contributed by atoms with E-state index >= 15 is 0 Å². The molecule has 3 rings (SSSR count). The molecule has 1 N–H and O–H groups in total. The fraction of sp³-hybridized carbons (Fsp3) is 0.333. The van der Waals surface area contributed by atoms with Crippen LogP contribution in [-0.4, -0.2) is 54.2 Å². The van der Waals surface area contributed by atoms with E-state index in [0.29, 0.717) is 16.7 Å². The predicted molar refractivity (Wildman–Crippen MR) is 78.4 cm³/mol. The van der Waals surface area contributed by atoms with Gasteiger partial charge >= 0.3 is 5.97 Å². The molecule has 2 heterocycles. The lowest BCUT2D eigenvalue weighted by atomic mass is 10.1. The standard InChI is InChI=1S/C15H16FN3O2/c1-18-4-6-19(7-5-18)14-9-12(15(20)21)11-8-10(16)2-3-13(11)17-14/h2-3,8-9H,4-7H2,1H3,(H,20,21). The molecule has 0 amide bonds. The summed E-state index contributed by atoms with van der Waals surface area (Å²) in [6.45, 7) is 3.42. The van der Waals surface area contributed by atoms with Crippen molar-refractivity contribution >= 4 is 22.7 Å². The number of fused-ring (bicyclic) bond motifs is 1. The number of piperazine rings is 1. The van der Waals surface area contributed by atoms with E-state index in [-0.39, 0.29) is 5.56 Å². The van der Waals surface area contributed by atoms with Crippen molar-refractivity contribution in [1.82, 2.24) is 9.88 Å². The van der Waals surface area contributed by atoms with Gasteiger partial charge in [-0.15, -0.1) is 0 Å². The Kier molecular flexibility index (Phi) is 3.47. The van der Waals surface area contributed by atoms with Crippen LogP contribution in [0.3, 0.4) is 0 Å². The van der Waals surface area contributed by atoms with Crippen LogP contribution in [0.25, 0.3) is 10.9 Å². The second-order valence-corrected chi connectivity index (χ2v) is 5.28. The first-order chi connectivity index (χ1) is 10.0. The summed E-state index contributed by atoms with van der Waals surface area (Å²) in [5.74, 6) is -0.887. The Balaban J connectivity index is 2.08. The van der Waals surface area contributed by atoms with Gasteiger partial charge in [-0.1, -0.05) is 0 Å². The molecule has 0 unspecified atom stereocenters. The van der Waals surface area contributed by atoms with E-state index in [0.717, 1.165) is 26.2 Å². The zero-order chi connectivity index (χ0) is 15.0. The van der Waals surface area contributed by atoms with Crippen LogP contribution < -0.4 is 4.90 Å². The molecule has 1 aromatic carbocycles.